The Morgan fingerprint density at radius 2 is 1.31 bits per heavy atom. The standard InChI is InChI=1S/C28H23FN2O4S/c29-20-14-16-23(17-15-20)36(33,34)31(21-8-2-1-3-9-21)18-22(32)19-35-30-28-26-12-6-4-10-24(26)25-11-5-7-13-27(25)28/h1-17,22,32H,18-19H2. The van der Waals surface area contributed by atoms with Gasteiger partial charge >= 0.3 is 0 Å². The molecule has 1 N–H and O–H groups in total. The molecule has 1 unspecified atom stereocenters. The lowest BCUT2D eigenvalue weighted by Crippen LogP contribution is -2.39. The second-order valence-corrected chi connectivity index (χ2v) is 10.2. The van der Waals surface area contributed by atoms with Crippen LogP contribution in [0.2, 0.25) is 0 Å². The minimum absolute atomic E-state index is 0.0831. The van der Waals surface area contributed by atoms with E-state index < -0.39 is 21.9 Å². The highest BCUT2D eigenvalue weighted by atomic mass is 32.2. The van der Waals surface area contributed by atoms with Gasteiger partial charge in [-0.05, 0) is 47.5 Å². The van der Waals surface area contributed by atoms with E-state index in [2.05, 4.69) is 5.16 Å². The quantitative estimate of drug-likeness (QED) is 0.308. The van der Waals surface area contributed by atoms with Crippen LogP contribution in [0.4, 0.5) is 10.1 Å². The number of oxime groups is 1. The molecule has 0 aliphatic heterocycles. The molecule has 0 heterocycles. The summed E-state index contributed by atoms with van der Waals surface area (Å²) in [7, 11) is -4.07. The van der Waals surface area contributed by atoms with E-state index >= 15 is 0 Å². The van der Waals surface area contributed by atoms with Crippen molar-refractivity contribution in [2.24, 2.45) is 5.16 Å². The van der Waals surface area contributed by atoms with Gasteiger partial charge in [-0.15, -0.1) is 0 Å². The molecule has 4 aromatic carbocycles. The zero-order valence-electron chi connectivity index (χ0n) is 19.2. The molecule has 0 fully saturated rings. The molecule has 0 saturated heterocycles. The lowest BCUT2D eigenvalue weighted by molar-refractivity contribution is 0.0456. The normalized spacial score (nSPS) is 13.0. The lowest BCUT2D eigenvalue weighted by Gasteiger charge is -2.26. The zero-order chi connectivity index (χ0) is 25.1. The van der Waals surface area contributed by atoms with Crippen molar-refractivity contribution in [1.82, 2.24) is 0 Å². The van der Waals surface area contributed by atoms with Crippen molar-refractivity contribution in [3.8, 4) is 11.1 Å². The molecule has 182 valence electrons. The summed E-state index contributed by atoms with van der Waals surface area (Å²) in [5, 5.41) is 15.0. The van der Waals surface area contributed by atoms with Crippen LogP contribution in [0.25, 0.3) is 11.1 Å². The van der Waals surface area contributed by atoms with Crippen LogP contribution >= 0.6 is 0 Å². The van der Waals surface area contributed by atoms with Crippen LogP contribution in [0.15, 0.2) is 113 Å². The number of benzene rings is 4. The number of fused-ring (bicyclic) bond motifs is 3. The monoisotopic (exact) mass is 502 g/mol. The first-order chi connectivity index (χ1) is 17.4. The van der Waals surface area contributed by atoms with E-state index in [9.17, 15) is 17.9 Å². The van der Waals surface area contributed by atoms with E-state index in [1.54, 1.807) is 30.3 Å². The summed E-state index contributed by atoms with van der Waals surface area (Å²) < 4.78 is 41.2. The number of hydrogen-bond acceptors (Lipinski definition) is 5. The molecule has 1 aliphatic carbocycles. The first-order valence-corrected chi connectivity index (χ1v) is 12.8. The maximum atomic E-state index is 13.4. The molecular weight excluding hydrogens is 479 g/mol. The Kier molecular flexibility index (Phi) is 6.54. The molecule has 4 aromatic rings. The van der Waals surface area contributed by atoms with E-state index in [-0.39, 0.29) is 18.0 Å². The van der Waals surface area contributed by atoms with E-state index in [1.165, 1.54) is 12.1 Å². The Morgan fingerprint density at radius 3 is 1.89 bits per heavy atom. The van der Waals surface area contributed by atoms with Crippen LogP contribution in [0.5, 0.6) is 0 Å². The van der Waals surface area contributed by atoms with Crippen molar-refractivity contribution in [1.29, 1.82) is 0 Å². The number of anilines is 1. The second kappa shape index (κ2) is 9.93. The first kappa shape index (κ1) is 23.7. The van der Waals surface area contributed by atoms with Gasteiger partial charge in [0.15, 0.2) is 0 Å². The number of aliphatic hydroxyl groups excluding tert-OH is 1. The van der Waals surface area contributed by atoms with Crippen molar-refractivity contribution in [2.75, 3.05) is 17.5 Å². The van der Waals surface area contributed by atoms with Crippen molar-refractivity contribution < 1.29 is 22.8 Å². The summed E-state index contributed by atoms with van der Waals surface area (Å²) in [6.07, 6.45) is -1.18. The maximum absolute atomic E-state index is 13.4. The van der Waals surface area contributed by atoms with Gasteiger partial charge < -0.3 is 9.94 Å². The molecule has 0 saturated carbocycles. The number of aliphatic hydroxyl groups is 1. The average Bonchev–Trinajstić information content (AvgIpc) is 3.22. The molecule has 0 amide bonds. The van der Waals surface area contributed by atoms with Crippen molar-refractivity contribution in [3.05, 3.63) is 120 Å². The fourth-order valence-corrected chi connectivity index (χ4v) is 5.70. The number of rotatable bonds is 8. The van der Waals surface area contributed by atoms with Gasteiger partial charge in [-0.1, -0.05) is 71.9 Å². The highest BCUT2D eigenvalue weighted by Gasteiger charge is 2.28. The fourth-order valence-electron chi connectivity index (χ4n) is 4.19. The van der Waals surface area contributed by atoms with Crippen molar-refractivity contribution in [3.63, 3.8) is 0 Å². The Bertz CT molecular complexity index is 1460. The molecule has 1 aliphatic rings. The highest BCUT2D eigenvalue weighted by molar-refractivity contribution is 7.92. The van der Waals surface area contributed by atoms with Crippen LogP contribution in [0, 0.1) is 5.82 Å². The molecule has 0 radical (unpaired) electrons. The van der Waals surface area contributed by atoms with Crippen LogP contribution in [-0.4, -0.2) is 38.5 Å². The molecule has 0 spiro atoms. The van der Waals surface area contributed by atoms with Crippen LogP contribution in [-0.2, 0) is 14.9 Å². The van der Waals surface area contributed by atoms with E-state index in [1.807, 2.05) is 48.5 Å². The van der Waals surface area contributed by atoms with Crippen molar-refractivity contribution >= 4 is 21.4 Å². The molecule has 0 aromatic heterocycles. The molecule has 0 bridgehead atoms. The number of sulfonamides is 1. The largest absolute Gasteiger partial charge is 0.392 e. The SMILES string of the molecule is O=S(=O)(c1ccc(F)cc1)N(CC(O)CON=C1c2ccccc2-c2ccccc21)c1ccccc1. The van der Waals surface area contributed by atoms with Gasteiger partial charge in [-0.25, -0.2) is 12.8 Å². The highest BCUT2D eigenvalue weighted by Crippen LogP contribution is 2.36. The maximum Gasteiger partial charge on any atom is 0.264 e. The fraction of sp³-hybridized carbons (Fsp3) is 0.107. The third-order valence-corrected chi connectivity index (χ3v) is 7.71. The van der Waals surface area contributed by atoms with Crippen LogP contribution in [0.3, 0.4) is 0 Å². The van der Waals surface area contributed by atoms with Gasteiger partial charge in [0.05, 0.1) is 17.1 Å². The van der Waals surface area contributed by atoms with Gasteiger partial charge in [0, 0.05) is 11.1 Å². The Hall–Kier alpha value is -4.01. The molecular formula is C28H23FN2O4S. The second-order valence-electron chi connectivity index (χ2n) is 8.31. The van der Waals surface area contributed by atoms with Crippen LogP contribution < -0.4 is 4.31 Å². The summed E-state index contributed by atoms with van der Waals surface area (Å²) in [4.78, 5) is 5.45. The van der Waals surface area contributed by atoms with Crippen molar-refractivity contribution in [2.45, 2.75) is 11.0 Å². The Labute approximate surface area is 208 Å². The van der Waals surface area contributed by atoms with Gasteiger partial charge in [0.1, 0.15) is 24.2 Å². The van der Waals surface area contributed by atoms with Gasteiger partial charge in [0.25, 0.3) is 10.0 Å². The minimum Gasteiger partial charge on any atom is -0.392 e. The van der Waals surface area contributed by atoms with E-state index in [0.29, 0.717) is 11.4 Å². The predicted molar refractivity (Wildman–Crippen MR) is 137 cm³/mol. The number of nitrogens with zero attached hydrogens (tertiary/aromatic N) is 2. The molecule has 1 atom stereocenters. The molecule has 36 heavy (non-hydrogen) atoms. The number of para-hydroxylation sites is 1. The molecule has 5 rings (SSSR count). The number of halogens is 1. The van der Waals surface area contributed by atoms with Gasteiger partial charge in [0.2, 0.25) is 0 Å². The summed E-state index contributed by atoms with van der Waals surface area (Å²) in [6, 6.07) is 28.7. The Balaban J connectivity index is 1.36. The first-order valence-electron chi connectivity index (χ1n) is 11.4. The predicted octanol–water partition coefficient (Wildman–Crippen LogP) is 4.83. The third-order valence-electron chi connectivity index (χ3n) is 5.90. The van der Waals surface area contributed by atoms with E-state index in [4.69, 9.17) is 4.84 Å². The summed E-state index contributed by atoms with van der Waals surface area (Å²) in [5.41, 5.74) is 4.99. The average molecular weight is 503 g/mol. The smallest absolute Gasteiger partial charge is 0.264 e. The summed E-state index contributed by atoms with van der Waals surface area (Å²) >= 11 is 0. The zero-order valence-corrected chi connectivity index (χ0v) is 20.0. The third kappa shape index (κ3) is 4.60. The topological polar surface area (TPSA) is 79.2 Å². The summed E-state index contributed by atoms with van der Waals surface area (Å²) in [6.45, 7) is -0.502. The Morgan fingerprint density at radius 1 is 0.778 bits per heavy atom. The van der Waals surface area contributed by atoms with Gasteiger partial charge in [-0.3, -0.25) is 4.31 Å². The van der Waals surface area contributed by atoms with E-state index in [0.717, 1.165) is 38.7 Å². The minimum atomic E-state index is -4.07. The molecule has 6 nitrogen and oxygen atoms in total. The van der Waals surface area contributed by atoms with Crippen LogP contribution in [0.1, 0.15) is 11.1 Å². The summed E-state index contributed by atoms with van der Waals surface area (Å²) in [5.74, 6) is -0.539. The van der Waals surface area contributed by atoms with Gasteiger partial charge in [-0.2, -0.15) is 0 Å². The lowest BCUT2D eigenvalue weighted by atomic mass is 10.1. The number of hydrogen-bond donors (Lipinski definition) is 1. The molecule has 8 heteroatoms.